The summed E-state index contributed by atoms with van der Waals surface area (Å²) in [6, 6.07) is -0.601. The average Bonchev–Trinajstić information content (AvgIpc) is 2.61. The van der Waals surface area contributed by atoms with E-state index in [9.17, 15) is 15.0 Å². The summed E-state index contributed by atoms with van der Waals surface area (Å²) in [5, 5.41) is 31.9. The van der Waals surface area contributed by atoms with Crippen LogP contribution in [0.5, 0.6) is 0 Å². The van der Waals surface area contributed by atoms with Crippen molar-refractivity contribution in [3.63, 3.8) is 0 Å². The van der Waals surface area contributed by atoms with Crippen LogP contribution in [0.4, 0.5) is 0 Å². The predicted molar refractivity (Wildman–Crippen MR) is 64.9 cm³/mol. The number of amides is 1. The molecule has 0 bridgehead atoms. The number of hydrogen-bond donors (Lipinski definition) is 5. The third-order valence-corrected chi connectivity index (χ3v) is 4.21. The van der Waals surface area contributed by atoms with Gasteiger partial charge in [-0.2, -0.15) is 0 Å². The maximum absolute atomic E-state index is 11.2. The van der Waals surface area contributed by atoms with Crippen molar-refractivity contribution < 1.29 is 24.9 Å². The van der Waals surface area contributed by atoms with E-state index in [1.165, 1.54) is 0 Å². The molecular weight excluding hydrogens is 307 g/mol. The van der Waals surface area contributed by atoms with Gasteiger partial charge in [-0.25, -0.2) is 0 Å². The number of nitrogens with two attached hydrogens (primary N) is 1. The van der Waals surface area contributed by atoms with Gasteiger partial charge < -0.3 is 0 Å². The molecule has 1 aliphatic rings. The van der Waals surface area contributed by atoms with Crippen molar-refractivity contribution in [1.29, 1.82) is 0 Å². The van der Waals surface area contributed by atoms with E-state index in [2.05, 4.69) is 11.1 Å². The summed E-state index contributed by atoms with van der Waals surface area (Å²) in [5.41, 5.74) is 5.26. The van der Waals surface area contributed by atoms with E-state index in [4.69, 9.17) is 15.6 Å². The number of nitrogens with one attached hydrogen (secondary N) is 1. The molecule has 0 aromatic rings. The number of primary amides is 1. The molecule has 1 rings (SSSR count). The zero-order chi connectivity index (χ0) is 13.7. The maximum atomic E-state index is 11.2. The summed E-state index contributed by atoms with van der Waals surface area (Å²) in [6.07, 6.45) is -3.52. The molecule has 0 saturated carbocycles. The van der Waals surface area contributed by atoms with Crippen LogP contribution < -0.4 is 11.1 Å². The summed E-state index contributed by atoms with van der Waals surface area (Å²) < 4.78 is 5.23. The first-order chi connectivity index (χ1) is 8.51. The van der Waals surface area contributed by atoms with Gasteiger partial charge in [0.25, 0.3) is 0 Å². The van der Waals surface area contributed by atoms with Crippen molar-refractivity contribution in [2.45, 2.75) is 48.1 Å². The molecule has 1 saturated heterocycles. The zero-order valence-corrected chi connectivity index (χ0v) is 11.9. The van der Waals surface area contributed by atoms with Gasteiger partial charge in [-0.3, -0.25) is 0 Å². The van der Waals surface area contributed by atoms with Crippen molar-refractivity contribution in [1.82, 2.24) is 5.32 Å². The van der Waals surface area contributed by atoms with Crippen LogP contribution in [0.2, 0.25) is 11.1 Å². The van der Waals surface area contributed by atoms with Gasteiger partial charge in [0.05, 0.1) is 0 Å². The van der Waals surface area contributed by atoms with Gasteiger partial charge in [0, 0.05) is 0 Å². The Bertz CT molecular complexity index is 281. The summed E-state index contributed by atoms with van der Waals surface area (Å²) in [5.74, 6) is 1.54. The molecule has 106 valence electrons. The molecule has 1 aliphatic heterocycles. The molecule has 1 amide bonds. The number of carbonyl (C=O) groups excluding carboxylic acids is 1. The molecule has 5 atom stereocenters. The summed E-state index contributed by atoms with van der Waals surface area (Å²) in [7, 11) is 0. The topological polar surface area (TPSA) is 125 Å². The standard InChI is InChI=1S/C10H20N2O5Se/c1-18-3-2-5(9(11)16)12-10-8(15)7(14)6(4-13)17-10/h5-8,10,12-15H,2-4H2,1H3,(H2,11,16)/t5-,6+,7+,8+,10?/m0/s1. The van der Waals surface area contributed by atoms with Crippen molar-refractivity contribution in [3.05, 3.63) is 0 Å². The van der Waals surface area contributed by atoms with E-state index in [1.807, 2.05) is 0 Å². The van der Waals surface area contributed by atoms with E-state index in [0.717, 1.165) is 5.32 Å². The number of rotatable bonds is 7. The molecule has 0 aromatic carbocycles. The Labute approximate surface area is 112 Å². The molecule has 1 unspecified atom stereocenters. The van der Waals surface area contributed by atoms with Gasteiger partial charge in [0.15, 0.2) is 0 Å². The number of ether oxygens (including phenoxy) is 1. The minimum absolute atomic E-state index is 0.393. The van der Waals surface area contributed by atoms with Gasteiger partial charge >= 0.3 is 112 Å². The average molecular weight is 327 g/mol. The zero-order valence-electron chi connectivity index (χ0n) is 10.2. The van der Waals surface area contributed by atoms with Crippen molar-refractivity contribution in [3.8, 4) is 0 Å². The third kappa shape index (κ3) is 3.89. The van der Waals surface area contributed by atoms with Crippen LogP contribution in [0.15, 0.2) is 0 Å². The Kier molecular flexibility index (Phi) is 6.51. The first-order valence-electron chi connectivity index (χ1n) is 5.68. The fourth-order valence-electron chi connectivity index (χ4n) is 1.78. The second-order valence-corrected chi connectivity index (χ2v) is 6.23. The van der Waals surface area contributed by atoms with Crippen LogP contribution in [0.3, 0.4) is 0 Å². The second kappa shape index (κ2) is 7.40. The SMILES string of the molecule is C[Se]CC[C@H](NC1O[C@H](CO)[C@@H](O)[C@H]1O)C(N)=O. The molecule has 0 aliphatic carbocycles. The van der Waals surface area contributed by atoms with Crippen LogP contribution >= 0.6 is 0 Å². The summed E-state index contributed by atoms with van der Waals surface area (Å²) >= 11 is 0.428. The molecular formula is C10H20N2O5Se. The fourth-order valence-corrected chi connectivity index (χ4v) is 2.77. The normalized spacial score (nSPS) is 33.6. The van der Waals surface area contributed by atoms with Gasteiger partial charge in [-0.1, -0.05) is 0 Å². The van der Waals surface area contributed by atoms with E-state index in [-0.39, 0.29) is 0 Å². The molecule has 18 heavy (non-hydrogen) atoms. The molecule has 8 heteroatoms. The van der Waals surface area contributed by atoms with E-state index < -0.39 is 43.1 Å². The predicted octanol–water partition coefficient (Wildman–Crippen LogP) is -2.57. The van der Waals surface area contributed by atoms with Crippen molar-refractivity contribution in [2.75, 3.05) is 6.61 Å². The monoisotopic (exact) mass is 328 g/mol. The second-order valence-electron chi connectivity index (χ2n) is 4.16. The van der Waals surface area contributed by atoms with E-state index in [1.54, 1.807) is 0 Å². The van der Waals surface area contributed by atoms with Crippen molar-refractivity contribution in [2.24, 2.45) is 5.73 Å². The number of carbonyl (C=O) groups is 1. The van der Waals surface area contributed by atoms with Gasteiger partial charge in [-0.05, 0) is 0 Å². The number of aliphatic hydroxyl groups excluding tert-OH is 3. The van der Waals surface area contributed by atoms with Gasteiger partial charge in [-0.15, -0.1) is 0 Å². The molecule has 1 heterocycles. The quantitative estimate of drug-likeness (QED) is 0.327. The summed E-state index contributed by atoms with van der Waals surface area (Å²) in [6.45, 7) is -0.393. The van der Waals surface area contributed by atoms with Gasteiger partial charge in [0.1, 0.15) is 0 Å². The van der Waals surface area contributed by atoms with E-state index >= 15 is 0 Å². The Balaban J connectivity index is 2.56. The van der Waals surface area contributed by atoms with Crippen LogP contribution in [0, 0.1) is 0 Å². The molecule has 0 radical (unpaired) electrons. The van der Waals surface area contributed by atoms with Crippen molar-refractivity contribution >= 4 is 20.9 Å². The Hall–Kier alpha value is -0.211. The number of hydrogen-bond acceptors (Lipinski definition) is 6. The first kappa shape index (κ1) is 15.8. The van der Waals surface area contributed by atoms with Crippen LogP contribution in [-0.2, 0) is 9.53 Å². The molecule has 0 aromatic heterocycles. The Morgan fingerprint density at radius 3 is 2.61 bits per heavy atom. The Morgan fingerprint density at radius 2 is 2.17 bits per heavy atom. The van der Waals surface area contributed by atoms with Crippen LogP contribution in [-0.4, -0.2) is 73.4 Å². The van der Waals surface area contributed by atoms with E-state index in [0.29, 0.717) is 21.4 Å². The molecule has 7 nitrogen and oxygen atoms in total. The molecule has 6 N–H and O–H groups in total. The number of aliphatic hydroxyl groups is 3. The first-order valence-corrected chi connectivity index (χ1v) is 8.60. The Morgan fingerprint density at radius 1 is 1.50 bits per heavy atom. The van der Waals surface area contributed by atoms with Crippen LogP contribution in [0.25, 0.3) is 0 Å². The fraction of sp³-hybridized carbons (Fsp3) is 0.900. The van der Waals surface area contributed by atoms with Crippen LogP contribution in [0.1, 0.15) is 6.42 Å². The van der Waals surface area contributed by atoms with Gasteiger partial charge in [0.2, 0.25) is 0 Å². The molecule has 0 spiro atoms. The molecule has 1 fully saturated rings. The minimum atomic E-state index is -1.18. The summed E-state index contributed by atoms with van der Waals surface area (Å²) in [4.78, 5) is 11.2. The third-order valence-electron chi connectivity index (χ3n) is 2.86.